The minimum atomic E-state index is -1.04. The fraction of sp³-hybridized carbons (Fsp3) is 0.484. The van der Waals surface area contributed by atoms with Crippen LogP contribution in [0.25, 0.3) is 0 Å². The Kier molecular flexibility index (Phi) is 15.4. The van der Waals surface area contributed by atoms with Gasteiger partial charge in [-0.3, -0.25) is 4.79 Å². The summed E-state index contributed by atoms with van der Waals surface area (Å²) >= 11 is 0. The number of amides is 4. The van der Waals surface area contributed by atoms with Crippen LogP contribution in [0.4, 0.5) is 14.4 Å². The van der Waals surface area contributed by atoms with Crippen LogP contribution in [0.3, 0.4) is 0 Å². The molecule has 0 heterocycles. The van der Waals surface area contributed by atoms with Gasteiger partial charge in [0.2, 0.25) is 5.91 Å². The van der Waals surface area contributed by atoms with Gasteiger partial charge >= 0.3 is 18.3 Å². The van der Waals surface area contributed by atoms with Crippen LogP contribution in [0.5, 0.6) is 0 Å². The molecule has 0 radical (unpaired) electrons. The highest BCUT2D eigenvalue weighted by Crippen LogP contribution is 2.08. The van der Waals surface area contributed by atoms with E-state index in [1.54, 1.807) is 20.8 Å². The van der Waals surface area contributed by atoms with Crippen LogP contribution in [0, 0.1) is 0 Å². The van der Waals surface area contributed by atoms with Crippen LogP contribution in [0.2, 0.25) is 0 Å². The predicted molar refractivity (Wildman–Crippen MR) is 160 cm³/mol. The van der Waals surface area contributed by atoms with Crippen molar-refractivity contribution in [3.8, 4) is 0 Å². The molecule has 0 fully saturated rings. The van der Waals surface area contributed by atoms with Gasteiger partial charge in [0, 0.05) is 32.1 Å². The second kappa shape index (κ2) is 19.0. The van der Waals surface area contributed by atoms with E-state index in [0.717, 1.165) is 11.1 Å². The molecule has 12 nitrogen and oxygen atoms in total. The van der Waals surface area contributed by atoms with Gasteiger partial charge in [-0.05, 0) is 51.2 Å². The predicted octanol–water partition coefficient (Wildman–Crippen LogP) is 3.77. The summed E-state index contributed by atoms with van der Waals surface area (Å²) in [4.78, 5) is 48.8. The maximum Gasteiger partial charge on any atom is 0.407 e. The maximum atomic E-state index is 12.6. The van der Waals surface area contributed by atoms with Gasteiger partial charge in [-0.1, -0.05) is 60.7 Å². The Morgan fingerprint density at radius 3 is 1.88 bits per heavy atom. The van der Waals surface area contributed by atoms with E-state index in [-0.39, 0.29) is 32.7 Å². The van der Waals surface area contributed by atoms with Gasteiger partial charge < -0.3 is 40.6 Å². The van der Waals surface area contributed by atoms with Gasteiger partial charge in [-0.2, -0.15) is 0 Å². The quantitative estimate of drug-likeness (QED) is 0.144. The number of nitrogens with one attached hydrogen (secondary N) is 4. The molecule has 2 aromatic carbocycles. The number of benzene rings is 2. The molecule has 2 atom stereocenters. The van der Waals surface area contributed by atoms with E-state index in [1.165, 1.54) is 0 Å². The molecule has 0 aliphatic heterocycles. The molecule has 0 saturated carbocycles. The third-order valence-electron chi connectivity index (χ3n) is 5.84. The van der Waals surface area contributed by atoms with Gasteiger partial charge in [0.1, 0.15) is 18.8 Å². The SMILES string of the molecule is CC(C)(C)OC(=O)NCC(O)CNC(=O)C[C@H](CCCCNC(=O)OCc1ccccc1)NC(=O)OCc1ccccc1. The summed E-state index contributed by atoms with van der Waals surface area (Å²) in [6, 6.07) is 18.0. The molecule has 5 N–H and O–H groups in total. The average Bonchev–Trinajstić information content (AvgIpc) is 2.97. The summed E-state index contributed by atoms with van der Waals surface area (Å²) in [5.41, 5.74) is 1.04. The van der Waals surface area contributed by atoms with Crippen LogP contribution in [-0.2, 0) is 32.2 Å². The molecule has 0 aliphatic carbocycles. The Bertz CT molecular complexity index is 1130. The van der Waals surface area contributed by atoms with Crippen molar-refractivity contribution in [3.63, 3.8) is 0 Å². The number of hydrogen-bond acceptors (Lipinski definition) is 8. The van der Waals surface area contributed by atoms with Crippen LogP contribution in [0.1, 0.15) is 57.6 Å². The van der Waals surface area contributed by atoms with Crippen LogP contribution in [-0.4, -0.2) is 66.7 Å². The molecular weight excluding hydrogens is 556 g/mol. The molecule has 0 spiro atoms. The Balaban J connectivity index is 1.76. The van der Waals surface area contributed by atoms with E-state index in [2.05, 4.69) is 21.3 Å². The van der Waals surface area contributed by atoms with Crippen molar-refractivity contribution >= 4 is 24.2 Å². The first-order valence-electron chi connectivity index (χ1n) is 14.3. The van der Waals surface area contributed by atoms with Crippen molar-refractivity contribution in [2.75, 3.05) is 19.6 Å². The van der Waals surface area contributed by atoms with Crippen molar-refractivity contribution in [3.05, 3.63) is 71.8 Å². The monoisotopic (exact) mass is 600 g/mol. The molecule has 236 valence electrons. The summed E-state index contributed by atoms with van der Waals surface area (Å²) in [5, 5.41) is 20.6. The van der Waals surface area contributed by atoms with E-state index in [0.29, 0.717) is 25.8 Å². The lowest BCUT2D eigenvalue weighted by atomic mass is 10.1. The number of carbonyl (C=O) groups is 4. The molecule has 43 heavy (non-hydrogen) atoms. The highest BCUT2D eigenvalue weighted by molar-refractivity contribution is 5.77. The van der Waals surface area contributed by atoms with Crippen LogP contribution in [0.15, 0.2) is 60.7 Å². The summed E-state index contributed by atoms with van der Waals surface area (Å²) in [7, 11) is 0. The number of hydrogen-bond donors (Lipinski definition) is 5. The molecule has 0 aliphatic rings. The lowest BCUT2D eigenvalue weighted by molar-refractivity contribution is -0.122. The number of rotatable bonds is 16. The number of aliphatic hydroxyl groups is 1. The molecule has 2 aromatic rings. The third kappa shape index (κ3) is 17.3. The summed E-state index contributed by atoms with van der Waals surface area (Å²) in [6.07, 6.45) is -1.32. The summed E-state index contributed by atoms with van der Waals surface area (Å²) in [5.74, 6) is -0.396. The molecule has 1 unspecified atom stereocenters. The zero-order chi connectivity index (χ0) is 31.5. The van der Waals surface area contributed by atoms with Crippen LogP contribution < -0.4 is 21.3 Å². The largest absolute Gasteiger partial charge is 0.445 e. The van der Waals surface area contributed by atoms with Gasteiger partial charge in [0.15, 0.2) is 0 Å². The zero-order valence-corrected chi connectivity index (χ0v) is 25.1. The lowest BCUT2D eigenvalue weighted by Gasteiger charge is -2.21. The fourth-order valence-electron chi connectivity index (χ4n) is 3.75. The Labute approximate surface area is 252 Å². The minimum Gasteiger partial charge on any atom is -0.445 e. The number of alkyl carbamates (subject to hydrolysis) is 3. The van der Waals surface area contributed by atoms with Crippen molar-refractivity contribution in [1.82, 2.24) is 21.3 Å². The van der Waals surface area contributed by atoms with Gasteiger partial charge in [-0.25, -0.2) is 14.4 Å². The molecule has 0 bridgehead atoms. The van der Waals surface area contributed by atoms with Gasteiger partial charge in [0.25, 0.3) is 0 Å². The number of unbranched alkanes of at least 4 members (excludes halogenated alkanes) is 1. The van der Waals surface area contributed by atoms with Crippen LogP contribution >= 0.6 is 0 Å². The van der Waals surface area contributed by atoms with E-state index in [1.807, 2.05) is 60.7 Å². The van der Waals surface area contributed by atoms with Crippen molar-refractivity contribution < 1.29 is 38.5 Å². The molecule has 2 rings (SSSR count). The molecule has 4 amide bonds. The smallest absolute Gasteiger partial charge is 0.407 e. The number of carbonyl (C=O) groups excluding carboxylic acids is 4. The van der Waals surface area contributed by atoms with Crippen molar-refractivity contribution in [1.29, 1.82) is 0 Å². The zero-order valence-electron chi connectivity index (χ0n) is 25.1. The van der Waals surface area contributed by atoms with E-state index in [4.69, 9.17) is 14.2 Å². The first-order valence-corrected chi connectivity index (χ1v) is 14.3. The van der Waals surface area contributed by atoms with E-state index < -0.39 is 41.9 Å². The van der Waals surface area contributed by atoms with Gasteiger partial charge in [-0.15, -0.1) is 0 Å². The first-order chi connectivity index (χ1) is 20.5. The first kappa shape index (κ1) is 34.9. The average molecular weight is 601 g/mol. The highest BCUT2D eigenvalue weighted by Gasteiger charge is 2.19. The maximum absolute atomic E-state index is 12.6. The standard InChI is InChI=1S/C31H44N4O8/c1-31(2,3)43-29(39)34-20-26(36)19-33-27(37)18-25(35-30(40)42-22-24-14-8-5-9-15-24)16-10-11-17-32-28(38)41-21-23-12-6-4-7-13-23/h4-9,12-15,25-26,36H,10-11,16-22H2,1-3H3,(H,32,38)(H,33,37)(H,34,39)(H,35,40)/t25-,26?/m0/s1. The Morgan fingerprint density at radius 1 is 0.744 bits per heavy atom. The minimum absolute atomic E-state index is 0.0564. The van der Waals surface area contributed by atoms with E-state index in [9.17, 15) is 24.3 Å². The highest BCUT2D eigenvalue weighted by atomic mass is 16.6. The topological polar surface area (TPSA) is 164 Å². The normalized spacial score (nSPS) is 12.3. The van der Waals surface area contributed by atoms with Crippen molar-refractivity contribution in [2.45, 2.75) is 77.4 Å². The van der Waals surface area contributed by atoms with Crippen molar-refractivity contribution in [2.24, 2.45) is 0 Å². The Morgan fingerprint density at radius 2 is 1.30 bits per heavy atom. The fourth-order valence-corrected chi connectivity index (χ4v) is 3.75. The summed E-state index contributed by atoms with van der Waals surface area (Å²) < 4.78 is 15.6. The number of ether oxygens (including phenoxy) is 3. The molecule has 0 saturated heterocycles. The Hall–Kier alpha value is -4.32. The second-order valence-corrected chi connectivity index (χ2v) is 10.9. The second-order valence-electron chi connectivity index (χ2n) is 10.9. The molecule has 12 heteroatoms. The summed E-state index contributed by atoms with van der Waals surface area (Å²) in [6.45, 7) is 5.58. The van der Waals surface area contributed by atoms with E-state index >= 15 is 0 Å². The van der Waals surface area contributed by atoms with Gasteiger partial charge in [0.05, 0.1) is 6.10 Å². The molecule has 0 aromatic heterocycles. The number of aliphatic hydroxyl groups excluding tert-OH is 1. The third-order valence-corrected chi connectivity index (χ3v) is 5.84. The molecular formula is C31H44N4O8. The lowest BCUT2D eigenvalue weighted by Crippen LogP contribution is -2.44.